The summed E-state index contributed by atoms with van der Waals surface area (Å²) in [6.07, 6.45) is 10.0. The molecule has 126 valence electrons. The Morgan fingerprint density at radius 2 is 1.55 bits per heavy atom. The Hall–Kier alpha value is -0.620. The predicted octanol–water partition coefficient (Wildman–Crippen LogP) is 1.84. The molecule has 0 radical (unpaired) electrons. The first-order chi connectivity index (χ1) is 10.5. The van der Waals surface area contributed by atoms with Gasteiger partial charge in [0.05, 0.1) is 6.26 Å². The molecule has 22 heavy (non-hydrogen) atoms. The van der Waals surface area contributed by atoms with Crippen LogP contribution < -0.4 is 0 Å². The van der Waals surface area contributed by atoms with Crippen LogP contribution in [0.15, 0.2) is 0 Å². The van der Waals surface area contributed by atoms with Crippen LogP contribution in [0.1, 0.15) is 51.4 Å². The summed E-state index contributed by atoms with van der Waals surface area (Å²) in [5, 5.41) is 0. The largest absolute Gasteiger partial charge is 0.339 e. The highest BCUT2D eigenvalue weighted by molar-refractivity contribution is 7.88. The molecule has 2 saturated heterocycles. The van der Waals surface area contributed by atoms with E-state index in [1.807, 2.05) is 0 Å². The van der Waals surface area contributed by atoms with Crippen molar-refractivity contribution in [2.45, 2.75) is 57.4 Å². The molecule has 2 aliphatic heterocycles. The first kappa shape index (κ1) is 16.2. The van der Waals surface area contributed by atoms with Crippen LogP contribution in [-0.2, 0) is 14.8 Å². The number of hydrogen-bond acceptors (Lipinski definition) is 3. The minimum absolute atomic E-state index is 0.0266. The molecule has 0 N–H and O–H groups in total. The van der Waals surface area contributed by atoms with Crippen molar-refractivity contribution in [1.82, 2.24) is 9.21 Å². The molecule has 2 heterocycles. The van der Waals surface area contributed by atoms with Gasteiger partial charge in [0.1, 0.15) is 0 Å². The van der Waals surface area contributed by atoms with Crippen LogP contribution >= 0.6 is 0 Å². The van der Waals surface area contributed by atoms with E-state index in [1.54, 1.807) is 0 Å². The summed E-state index contributed by atoms with van der Waals surface area (Å²) >= 11 is 0. The third-order valence-corrected chi connectivity index (χ3v) is 7.10. The third-order valence-electron chi connectivity index (χ3n) is 5.80. The van der Waals surface area contributed by atoms with Crippen molar-refractivity contribution < 1.29 is 13.2 Å². The summed E-state index contributed by atoms with van der Waals surface area (Å²) in [6, 6.07) is 0.461. The van der Waals surface area contributed by atoms with Gasteiger partial charge >= 0.3 is 0 Å². The lowest BCUT2D eigenvalue weighted by molar-refractivity contribution is -0.143. The van der Waals surface area contributed by atoms with Gasteiger partial charge in [0.15, 0.2) is 0 Å². The van der Waals surface area contributed by atoms with Gasteiger partial charge in [-0.1, -0.05) is 12.8 Å². The zero-order valence-corrected chi connectivity index (χ0v) is 14.4. The van der Waals surface area contributed by atoms with Gasteiger partial charge in [-0.05, 0) is 44.4 Å². The Morgan fingerprint density at radius 1 is 0.909 bits per heavy atom. The molecule has 2 unspecified atom stereocenters. The minimum atomic E-state index is -3.11. The molecule has 2 atom stereocenters. The second-order valence-corrected chi connectivity index (χ2v) is 9.20. The molecule has 3 aliphatic rings. The Kier molecular flexibility index (Phi) is 4.78. The van der Waals surface area contributed by atoms with Gasteiger partial charge in [-0.15, -0.1) is 0 Å². The average molecular weight is 328 g/mol. The Balaban J connectivity index is 1.62. The molecular weight excluding hydrogens is 300 g/mol. The molecule has 1 saturated carbocycles. The van der Waals surface area contributed by atoms with Crippen LogP contribution in [0.25, 0.3) is 0 Å². The molecule has 1 aliphatic carbocycles. The highest BCUT2D eigenvalue weighted by Crippen LogP contribution is 2.36. The van der Waals surface area contributed by atoms with E-state index in [1.165, 1.54) is 42.7 Å². The first-order valence-corrected chi connectivity index (χ1v) is 10.6. The number of nitrogens with zero attached hydrogens (tertiary/aromatic N) is 2. The second kappa shape index (κ2) is 6.48. The Labute approximate surface area is 134 Å². The first-order valence-electron chi connectivity index (χ1n) is 8.72. The number of amides is 1. The molecule has 0 aromatic heterocycles. The van der Waals surface area contributed by atoms with Crippen molar-refractivity contribution in [3.63, 3.8) is 0 Å². The maximum absolute atomic E-state index is 12.9. The number of carbonyl (C=O) groups excluding carboxylic acids is 1. The zero-order valence-electron chi connectivity index (χ0n) is 13.5. The summed E-state index contributed by atoms with van der Waals surface area (Å²) in [5.74, 6) is 1.03. The fourth-order valence-electron chi connectivity index (χ4n) is 4.57. The third kappa shape index (κ3) is 3.32. The van der Waals surface area contributed by atoms with Crippen LogP contribution in [0, 0.1) is 11.8 Å². The Morgan fingerprint density at radius 3 is 2.23 bits per heavy atom. The van der Waals surface area contributed by atoms with Crippen LogP contribution in [0.3, 0.4) is 0 Å². The highest BCUT2D eigenvalue weighted by atomic mass is 32.2. The lowest BCUT2D eigenvalue weighted by Crippen LogP contribution is -2.53. The summed E-state index contributed by atoms with van der Waals surface area (Å²) in [7, 11) is -3.11. The van der Waals surface area contributed by atoms with E-state index in [-0.39, 0.29) is 5.92 Å². The van der Waals surface area contributed by atoms with Gasteiger partial charge in [-0.3, -0.25) is 4.79 Å². The number of sulfonamides is 1. The average Bonchev–Trinajstić information content (AvgIpc) is 2.53. The van der Waals surface area contributed by atoms with E-state index in [0.717, 1.165) is 13.0 Å². The molecule has 6 heteroatoms. The maximum atomic E-state index is 12.9. The summed E-state index contributed by atoms with van der Waals surface area (Å²) in [4.78, 5) is 15.1. The van der Waals surface area contributed by atoms with E-state index < -0.39 is 10.0 Å². The minimum Gasteiger partial charge on any atom is -0.339 e. The van der Waals surface area contributed by atoms with E-state index >= 15 is 0 Å². The lowest BCUT2D eigenvalue weighted by atomic mass is 9.77. The van der Waals surface area contributed by atoms with Gasteiger partial charge in [0.2, 0.25) is 15.9 Å². The number of piperidine rings is 2. The van der Waals surface area contributed by atoms with Crippen molar-refractivity contribution in [3.8, 4) is 0 Å². The van der Waals surface area contributed by atoms with Gasteiger partial charge < -0.3 is 4.90 Å². The van der Waals surface area contributed by atoms with Gasteiger partial charge in [0, 0.05) is 31.6 Å². The van der Waals surface area contributed by atoms with E-state index in [2.05, 4.69) is 4.90 Å². The zero-order chi connectivity index (χ0) is 15.7. The van der Waals surface area contributed by atoms with Gasteiger partial charge in [-0.25, -0.2) is 12.7 Å². The quantitative estimate of drug-likeness (QED) is 0.777. The normalized spacial score (nSPS) is 31.8. The molecule has 0 aromatic rings. The SMILES string of the molecule is CS(=O)(=O)N1CCC(C(=O)N2CCCC3CCCCC32)CC1. The summed E-state index contributed by atoms with van der Waals surface area (Å²) in [6.45, 7) is 1.90. The van der Waals surface area contributed by atoms with Crippen LogP contribution in [-0.4, -0.2) is 55.5 Å². The molecule has 0 bridgehead atoms. The van der Waals surface area contributed by atoms with Crippen molar-refractivity contribution in [2.24, 2.45) is 11.8 Å². The molecule has 0 spiro atoms. The molecule has 3 fully saturated rings. The molecular formula is C16H28N2O3S. The second-order valence-electron chi connectivity index (χ2n) is 7.22. The summed E-state index contributed by atoms with van der Waals surface area (Å²) < 4.78 is 24.7. The van der Waals surface area contributed by atoms with Crippen molar-refractivity contribution in [1.29, 1.82) is 0 Å². The topological polar surface area (TPSA) is 57.7 Å². The van der Waals surface area contributed by atoms with Crippen LogP contribution in [0.4, 0.5) is 0 Å². The fourth-order valence-corrected chi connectivity index (χ4v) is 5.44. The van der Waals surface area contributed by atoms with E-state index in [9.17, 15) is 13.2 Å². The van der Waals surface area contributed by atoms with E-state index in [4.69, 9.17) is 0 Å². The predicted molar refractivity (Wildman–Crippen MR) is 85.8 cm³/mol. The van der Waals surface area contributed by atoms with E-state index in [0.29, 0.717) is 43.8 Å². The number of likely N-dealkylation sites (tertiary alicyclic amines) is 1. The van der Waals surface area contributed by atoms with Crippen molar-refractivity contribution in [2.75, 3.05) is 25.9 Å². The molecule has 3 rings (SSSR count). The molecule has 1 amide bonds. The van der Waals surface area contributed by atoms with Crippen molar-refractivity contribution >= 4 is 15.9 Å². The maximum Gasteiger partial charge on any atom is 0.226 e. The van der Waals surface area contributed by atoms with Crippen LogP contribution in [0.5, 0.6) is 0 Å². The standard InChI is InChI=1S/C16H28N2O3S/c1-22(20,21)17-11-8-14(9-12-17)16(19)18-10-4-6-13-5-2-3-7-15(13)18/h13-15H,2-12H2,1H3. The van der Waals surface area contributed by atoms with Crippen molar-refractivity contribution in [3.05, 3.63) is 0 Å². The summed E-state index contributed by atoms with van der Waals surface area (Å²) in [5.41, 5.74) is 0. The monoisotopic (exact) mass is 328 g/mol. The fraction of sp³-hybridized carbons (Fsp3) is 0.938. The molecule has 5 nitrogen and oxygen atoms in total. The van der Waals surface area contributed by atoms with Crippen LogP contribution in [0.2, 0.25) is 0 Å². The number of fused-ring (bicyclic) bond motifs is 1. The lowest BCUT2D eigenvalue weighted by Gasteiger charge is -2.46. The van der Waals surface area contributed by atoms with Gasteiger partial charge in [-0.2, -0.15) is 0 Å². The number of hydrogen-bond donors (Lipinski definition) is 0. The smallest absolute Gasteiger partial charge is 0.226 e. The van der Waals surface area contributed by atoms with Gasteiger partial charge in [0.25, 0.3) is 0 Å². The molecule has 0 aromatic carbocycles. The number of rotatable bonds is 2. The number of carbonyl (C=O) groups is 1. The Bertz CT molecular complexity index is 509. The highest BCUT2D eigenvalue weighted by Gasteiger charge is 2.39.